The molecular formula is C12H23NO2. The van der Waals surface area contributed by atoms with E-state index in [-0.39, 0.29) is 0 Å². The first kappa shape index (κ1) is 11.4. The van der Waals surface area contributed by atoms with E-state index in [2.05, 4.69) is 12.2 Å². The maximum absolute atomic E-state index is 10.3. The van der Waals surface area contributed by atoms with Gasteiger partial charge in [0, 0.05) is 19.2 Å². The monoisotopic (exact) mass is 213 g/mol. The van der Waals surface area contributed by atoms with E-state index in [1.165, 1.54) is 19.3 Å². The van der Waals surface area contributed by atoms with Gasteiger partial charge in [0.1, 0.15) is 0 Å². The van der Waals surface area contributed by atoms with Gasteiger partial charge in [-0.2, -0.15) is 0 Å². The number of hydrogen-bond donors (Lipinski definition) is 2. The van der Waals surface area contributed by atoms with Gasteiger partial charge in [-0.1, -0.05) is 19.3 Å². The minimum absolute atomic E-state index is 0.303. The first-order valence-corrected chi connectivity index (χ1v) is 6.27. The van der Waals surface area contributed by atoms with Crippen LogP contribution in [0.2, 0.25) is 0 Å². The summed E-state index contributed by atoms with van der Waals surface area (Å²) in [4.78, 5) is 0. The molecule has 3 nitrogen and oxygen atoms in total. The van der Waals surface area contributed by atoms with Gasteiger partial charge in [0.2, 0.25) is 0 Å². The maximum atomic E-state index is 10.3. The van der Waals surface area contributed by atoms with E-state index in [0.717, 1.165) is 32.4 Å². The number of nitrogens with one attached hydrogen (secondary N) is 1. The minimum Gasteiger partial charge on any atom is -0.389 e. The Morgan fingerprint density at radius 3 is 2.67 bits per heavy atom. The van der Waals surface area contributed by atoms with E-state index in [1.807, 2.05) is 0 Å². The molecule has 1 saturated heterocycles. The lowest BCUT2D eigenvalue weighted by atomic mass is 9.84. The Kier molecular flexibility index (Phi) is 3.65. The lowest BCUT2D eigenvalue weighted by Gasteiger charge is -2.33. The van der Waals surface area contributed by atoms with Crippen LogP contribution in [0.5, 0.6) is 0 Å². The fourth-order valence-electron chi connectivity index (χ4n) is 2.71. The topological polar surface area (TPSA) is 41.5 Å². The molecule has 3 heteroatoms. The molecule has 1 aliphatic carbocycles. The Morgan fingerprint density at radius 2 is 2.07 bits per heavy atom. The summed E-state index contributed by atoms with van der Waals surface area (Å²) in [7, 11) is 0. The largest absolute Gasteiger partial charge is 0.389 e. The predicted molar refractivity (Wildman–Crippen MR) is 59.9 cm³/mol. The molecular weight excluding hydrogens is 190 g/mol. The quantitative estimate of drug-likeness (QED) is 0.745. The Morgan fingerprint density at radius 1 is 1.33 bits per heavy atom. The van der Waals surface area contributed by atoms with Gasteiger partial charge >= 0.3 is 0 Å². The standard InChI is InChI=1S/C12H23NO2/c1-10-11(5-8-15-10)13-9-12(14)6-3-2-4-7-12/h10-11,13-14H,2-9H2,1H3/t10-,11-/m0/s1. The van der Waals surface area contributed by atoms with Gasteiger partial charge in [0.05, 0.1) is 11.7 Å². The third-order valence-electron chi connectivity index (χ3n) is 3.85. The van der Waals surface area contributed by atoms with Gasteiger partial charge in [-0.25, -0.2) is 0 Å². The molecule has 0 radical (unpaired) electrons. The van der Waals surface area contributed by atoms with Gasteiger partial charge in [-0.15, -0.1) is 0 Å². The molecule has 1 saturated carbocycles. The fourth-order valence-corrected chi connectivity index (χ4v) is 2.71. The molecule has 1 aliphatic heterocycles. The first-order valence-electron chi connectivity index (χ1n) is 6.27. The van der Waals surface area contributed by atoms with Gasteiger partial charge in [-0.3, -0.25) is 0 Å². The van der Waals surface area contributed by atoms with Crippen molar-refractivity contribution in [3.63, 3.8) is 0 Å². The molecule has 2 atom stereocenters. The van der Waals surface area contributed by atoms with Crippen LogP contribution >= 0.6 is 0 Å². The molecule has 0 aromatic carbocycles. The summed E-state index contributed by atoms with van der Waals surface area (Å²) in [5.74, 6) is 0. The summed E-state index contributed by atoms with van der Waals surface area (Å²) >= 11 is 0. The molecule has 2 aliphatic rings. The molecule has 88 valence electrons. The van der Waals surface area contributed by atoms with Crippen molar-refractivity contribution in [2.75, 3.05) is 13.2 Å². The first-order chi connectivity index (χ1) is 7.20. The second-order valence-electron chi connectivity index (χ2n) is 5.14. The van der Waals surface area contributed by atoms with E-state index in [0.29, 0.717) is 12.1 Å². The van der Waals surface area contributed by atoms with Crippen LogP contribution in [0.3, 0.4) is 0 Å². The lowest BCUT2D eigenvalue weighted by Crippen LogP contribution is -2.47. The Bertz CT molecular complexity index is 202. The molecule has 0 aromatic rings. The van der Waals surface area contributed by atoms with Crippen molar-refractivity contribution in [2.24, 2.45) is 0 Å². The highest BCUT2D eigenvalue weighted by Gasteiger charge is 2.31. The van der Waals surface area contributed by atoms with Crippen molar-refractivity contribution in [3.05, 3.63) is 0 Å². The summed E-state index contributed by atoms with van der Waals surface area (Å²) in [6, 6.07) is 0.441. The SMILES string of the molecule is C[C@@H]1OCC[C@@H]1NCC1(O)CCCCC1. The van der Waals surface area contributed by atoms with Crippen LogP contribution < -0.4 is 5.32 Å². The third kappa shape index (κ3) is 2.92. The van der Waals surface area contributed by atoms with Crippen LogP contribution in [0.25, 0.3) is 0 Å². The van der Waals surface area contributed by atoms with E-state index >= 15 is 0 Å². The second-order valence-corrected chi connectivity index (χ2v) is 5.14. The second kappa shape index (κ2) is 4.81. The zero-order valence-corrected chi connectivity index (χ0v) is 9.67. The van der Waals surface area contributed by atoms with Crippen molar-refractivity contribution in [1.29, 1.82) is 0 Å². The van der Waals surface area contributed by atoms with E-state index in [9.17, 15) is 5.11 Å². The highest BCUT2D eigenvalue weighted by molar-refractivity contribution is 4.88. The van der Waals surface area contributed by atoms with Crippen molar-refractivity contribution in [3.8, 4) is 0 Å². The van der Waals surface area contributed by atoms with E-state index in [1.54, 1.807) is 0 Å². The average Bonchev–Trinajstić information content (AvgIpc) is 2.62. The number of hydrogen-bond acceptors (Lipinski definition) is 3. The summed E-state index contributed by atoms with van der Waals surface area (Å²) < 4.78 is 5.49. The highest BCUT2D eigenvalue weighted by atomic mass is 16.5. The van der Waals surface area contributed by atoms with Gasteiger partial charge in [0.15, 0.2) is 0 Å². The predicted octanol–water partition coefficient (Wildman–Crippen LogP) is 1.45. The Labute approximate surface area is 92.2 Å². The summed E-state index contributed by atoms with van der Waals surface area (Å²) in [6.45, 7) is 3.71. The molecule has 15 heavy (non-hydrogen) atoms. The lowest BCUT2D eigenvalue weighted by molar-refractivity contribution is 0.000394. The summed E-state index contributed by atoms with van der Waals surface area (Å²) in [6.07, 6.45) is 6.94. The molecule has 0 amide bonds. The van der Waals surface area contributed by atoms with E-state index < -0.39 is 5.60 Å². The molecule has 0 unspecified atom stereocenters. The molecule has 1 heterocycles. The molecule has 2 rings (SSSR count). The number of aliphatic hydroxyl groups is 1. The van der Waals surface area contributed by atoms with Crippen molar-refractivity contribution >= 4 is 0 Å². The number of rotatable bonds is 3. The van der Waals surface area contributed by atoms with Crippen LogP contribution in [-0.2, 0) is 4.74 Å². The fraction of sp³-hybridized carbons (Fsp3) is 1.00. The van der Waals surface area contributed by atoms with Crippen molar-refractivity contribution in [1.82, 2.24) is 5.32 Å². The number of ether oxygens (including phenoxy) is 1. The average molecular weight is 213 g/mol. The summed E-state index contributed by atoms with van der Waals surface area (Å²) in [5, 5.41) is 13.8. The Hall–Kier alpha value is -0.120. The molecule has 2 N–H and O–H groups in total. The Balaban J connectivity index is 1.76. The van der Waals surface area contributed by atoms with Crippen LogP contribution in [0, 0.1) is 0 Å². The molecule has 0 bridgehead atoms. The zero-order valence-electron chi connectivity index (χ0n) is 9.67. The highest BCUT2D eigenvalue weighted by Crippen LogP contribution is 2.27. The molecule has 2 fully saturated rings. The normalized spacial score (nSPS) is 35.6. The van der Waals surface area contributed by atoms with Gasteiger partial charge < -0.3 is 15.2 Å². The van der Waals surface area contributed by atoms with Crippen molar-refractivity contribution in [2.45, 2.75) is 63.2 Å². The maximum Gasteiger partial charge on any atom is 0.0771 e. The molecule has 0 aromatic heterocycles. The van der Waals surface area contributed by atoms with Crippen LogP contribution in [0.4, 0.5) is 0 Å². The van der Waals surface area contributed by atoms with Gasteiger partial charge in [-0.05, 0) is 26.2 Å². The van der Waals surface area contributed by atoms with Crippen molar-refractivity contribution < 1.29 is 9.84 Å². The zero-order chi connectivity index (χ0) is 10.7. The van der Waals surface area contributed by atoms with Crippen LogP contribution in [0.15, 0.2) is 0 Å². The van der Waals surface area contributed by atoms with E-state index in [4.69, 9.17) is 4.74 Å². The smallest absolute Gasteiger partial charge is 0.0771 e. The van der Waals surface area contributed by atoms with Crippen LogP contribution in [0.1, 0.15) is 45.4 Å². The molecule has 0 spiro atoms. The van der Waals surface area contributed by atoms with Gasteiger partial charge in [0.25, 0.3) is 0 Å². The third-order valence-corrected chi connectivity index (χ3v) is 3.85. The summed E-state index contributed by atoms with van der Waals surface area (Å²) in [5.41, 5.74) is -0.444. The van der Waals surface area contributed by atoms with Crippen LogP contribution in [-0.4, -0.2) is 36.0 Å². The minimum atomic E-state index is -0.444.